The summed E-state index contributed by atoms with van der Waals surface area (Å²) in [6.45, 7) is 3.21. The van der Waals surface area contributed by atoms with Gasteiger partial charge in [0.1, 0.15) is 42.7 Å². The Labute approximate surface area is 167 Å². The van der Waals surface area contributed by atoms with Crippen LogP contribution in [0.4, 0.5) is 0 Å². The fourth-order valence-electron chi connectivity index (χ4n) is 3.53. The molecule has 0 radical (unpaired) electrons. The normalized spacial score (nSPS) is 42.9. The standard InChI is InChI=1S/C17H30N2O10/c1-6-11(18-7(2)21)15(25)14(24)10(28-6)5-27-17-12(19-8(3)22)16(26)13(23)9(4-20)29-17/h6,9-17,20,23-26H,4-5H2,1-3H3,(H,18,21)(H,19,22)/t6-,9?,10?,11?,12?,13+,14-,15+,16+,17+/m0/s1. The van der Waals surface area contributed by atoms with E-state index in [4.69, 9.17) is 14.2 Å². The van der Waals surface area contributed by atoms with Crippen molar-refractivity contribution in [2.45, 2.75) is 81.9 Å². The number of hydrogen-bond donors (Lipinski definition) is 7. The van der Waals surface area contributed by atoms with Crippen molar-refractivity contribution in [1.82, 2.24) is 10.6 Å². The first kappa shape index (κ1) is 23.9. The third kappa shape index (κ3) is 5.61. The monoisotopic (exact) mass is 422 g/mol. The van der Waals surface area contributed by atoms with Crippen LogP contribution in [0.3, 0.4) is 0 Å². The molecule has 12 nitrogen and oxygen atoms in total. The van der Waals surface area contributed by atoms with Gasteiger partial charge in [0.25, 0.3) is 0 Å². The molecule has 2 aliphatic rings. The molecule has 2 fully saturated rings. The van der Waals surface area contributed by atoms with Crippen LogP contribution in [0, 0.1) is 0 Å². The Morgan fingerprint density at radius 2 is 1.38 bits per heavy atom. The predicted octanol–water partition coefficient (Wildman–Crippen LogP) is -4.04. The number of ether oxygens (including phenoxy) is 3. The van der Waals surface area contributed by atoms with Crippen molar-refractivity contribution in [3.8, 4) is 0 Å². The summed E-state index contributed by atoms with van der Waals surface area (Å²) < 4.78 is 16.6. The van der Waals surface area contributed by atoms with Gasteiger partial charge >= 0.3 is 0 Å². The smallest absolute Gasteiger partial charge is 0.217 e. The summed E-state index contributed by atoms with van der Waals surface area (Å²) in [5.41, 5.74) is 0. The highest BCUT2D eigenvalue weighted by Gasteiger charge is 2.47. The van der Waals surface area contributed by atoms with Gasteiger partial charge in [-0.05, 0) is 6.92 Å². The van der Waals surface area contributed by atoms with E-state index in [0.29, 0.717) is 0 Å². The van der Waals surface area contributed by atoms with Crippen LogP contribution in [0.2, 0.25) is 0 Å². The molecule has 2 saturated heterocycles. The first-order valence-corrected chi connectivity index (χ1v) is 9.36. The molecule has 2 aliphatic heterocycles. The molecule has 0 bridgehead atoms. The van der Waals surface area contributed by atoms with E-state index in [1.54, 1.807) is 6.92 Å². The Bertz CT molecular complexity index is 578. The van der Waals surface area contributed by atoms with Crippen molar-refractivity contribution in [3.63, 3.8) is 0 Å². The van der Waals surface area contributed by atoms with Gasteiger partial charge < -0.3 is 50.4 Å². The third-order valence-corrected chi connectivity index (χ3v) is 5.04. The van der Waals surface area contributed by atoms with Crippen molar-refractivity contribution >= 4 is 11.8 Å². The zero-order valence-corrected chi connectivity index (χ0v) is 16.5. The minimum absolute atomic E-state index is 0.295. The number of carbonyl (C=O) groups excluding carboxylic acids is 2. The molecule has 0 aromatic heterocycles. The van der Waals surface area contributed by atoms with Crippen LogP contribution in [0.5, 0.6) is 0 Å². The summed E-state index contributed by atoms with van der Waals surface area (Å²) in [6, 6.07) is -1.95. The van der Waals surface area contributed by atoms with Crippen LogP contribution in [0.1, 0.15) is 20.8 Å². The molecule has 2 heterocycles. The van der Waals surface area contributed by atoms with Gasteiger partial charge in [0, 0.05) is 13.8 Å². The molecule has 0 spiro atoms. The SMILES string of the molecule is CC(=O)NC1[C@H](OCC2O[C@@H](C)C(NC(C)=O)[C@@H](O)[C@H]2O)OC(CO)[C@@H](O)[C@@H]1O. The van der Waals surface area contributed by atoms with Crippen LogP contribution in [0.25, 0.3) is 0 Å². The van der Waals surface area contributed by atoms with E-state index in [1.807, 2.05) is 0 Å². The Morgan fingerprint density at radius 1 is 0.862 bits per heavy atom. The largest absolute Gasteiger partial charge is 0.394 e. The van der Waals surface area contributed by atoms with Crippen LogP contribution in [-0.2, 0) is 23.8 Å². The maximum Gasteiger partial charge on any atom is 0.217 e. The van der Waals surface area contributed by atoms with Crippen LogP contribution in [-0.4, -0.2) is 112 Å². The summed E-state index contributed by atoms with van der Waals surface area (Å²) in [6.07, 6.45) is -9.67. The van der Waals surface area contributed by atoms with E-state index in [-0.39, 0.29) is 12.5 Å². The van der Waals surface area contributed by atoms with E-state index < -0.39 is 73.6 Å². The molecular weight excluding hydrogens is 392 g/mol. The fraction of sp³-hybridized carbons (Fsp3) is 0.882. The Balaban J connectivity index is 2.05. The van der Waals surface area contributed by atoms with E-state index in [0.717, 1.165) is 0 Å². The molecule has 0 aromatic rings. The molecule has 2 rings (SSSR count). The molecule has 7 N–H and O–H groups in total. The maximum absolute atomic E-state index is 11.4. The van der Waals surface area contributed by atoms with Gasteiger partial charge in [-0.25, -0.2) is 0 Å². The van der Waals surface area contributed by atoms with E-state index >= 15 is 0 Å². The zero-order valence-electron chi connectivity index (χ0n) is 16.5. The average molecular weight is 422 g/mol. The second kappa shape index (κ2) is 10.1. The minimum atomic E-state index is -1.47. The topological polar surface area (TPSA) is 187 Å². The van der Waals surface area contributed by atoms with Gasteiger partial charge in [-0.3, -0.25) is 9.59 Å². The molecule has 4 unspecified atom stereocenters. The Kier molecular flexibility index (Phi) is 8.31. The number of hydrogen-bond acceptors (Lipinski definition) is 10. The molecular formula is C17H30N2O10. The summed E-state index contributed by atoms with van der Waals surface area (Å²) in [5, 5.41) is 55.1. The van der Waals surface area contributed by atoms with Crippen LogP contribution in [0.15, 0.2) is 0 Å². The molecule has 0 aliphatic carbocycles. The number of aliphatic hydroxyl groups is 5. The summed E-state index contributed by atoms with van der Waals surface area (Å²) in [7, 11) is 0. The summed E-state index contributed by atoms with van der Waals surface area (Å²) >= 11 is 0. The number of amides is 2. The quantitative estimate of drug-likeness (QED) is 0.222. The highest BCUT2D eigenvalue weighted by Crippen LogP contribution is 2.25. The van der Waals surface area contributed by atoms with Crippen molar-refractivity contribution in [3.05, 3.63) is 0 Å². The number of aliphatic hydroxyl groups excluding tert-OH is 5. The molecule has 10 atom stereocenters. The van der Waals surface area contributed by atoms with Gasteiger partial charge in [0.15, 0.2) is 6.29 Å². The second-order valence-electron chi connectivity index (χ2n) is 7.35. The lowest BCUT2D eigenvalue weighted by atomic mass is 9.93. The Hall–Kier alpha value is -1.38. The first-order valence-electron chi connectivity index (χ1n) is 9.36. The van der Waals surface area contributed by atoms with E-state index in [9.17, 15) is 35.1 Å². The van der Waals surface area contributed by atoms with E-state index in [1.165, 1.54) is 13.8 Å². The van der Waals surface area contributed by atoms with Gasteiger partial charge in [-0.2, -0.15) is 0 Å². The lowest BCUT2D eigenvalue weighted by Gasteiger charge is -2.44. The van der Waals surface area contributed by atoms with Crippen molar-refractivity contribution in [1.29, 1.82) is 0 Å². The molecule has 2 amide bonds. The minimum Gasteiger partial charge on any atom is -0.394 e. The highest BCUT2D eigenvalue weighted by molar-refractivity contribution is 5.73. The van der Waals surface area contributed by atoms with Crippen LogP contribution >= 0.6 is 0 Å². The van der Waals surface area contributed by atoms with Crippen molar-refractivity contribution < 1.29 is 49.3 Å². The zero-order chi connectivity index (χ0) is 21.9. The van der Waals surface area contributed by atoms with Gasteiger partial charge in [-0.15, -0.1) is 0 Å². The van der Waals surface area contributed by atoms with Gasteiger partial charge in [-0.1, -0.05) is 0 Å². The predicted molar refractivity (Wildman–Crippen MR) is 95.3 cm³/mol. The van der Waals surface area contributed by atoms with Crippen molar-refractivity contribution in [2.24, 2.45) is 0 Å². The Morgan fingerprint density at radius 3 is 1.93 bits per heavy atom. The van der Waals surface area contributed by atoms with Crippen molar-refractivity contribution in [2.75, 3.05) is 13.2 Å². The molecule has 0 aromatic carbocycles. The van der Waals surface area contributed by atoms with E-state index in [2.05, 4.69) is 10.6 Å². The maximum atomic E-state index is 11.4. The number of carbonyl (C=O) groups is 2. The summed E-state index contributed by atoms with van der Waals surface area (Å²) in [5.74, 6) is -0.889. The highest BCUT2D eigenvalue weighted by atomic mass is 16.7. The number of rotatable bonds is 6. The average Bonchev–Trinajstić information content (AvgIpc) is 2.65. The number of nitrogens with one attached hydrogen (secondary N) is 2. The first-order chi connectivity index (χ1) is 13.6. The summed E-state index contributed by atoms with van der Waals surface area (Å²) in [4.78, 5) is 22.7. The lowest BCUT2D eigenvalue weighted by Crippen LogP contribution is -2.66. The molecule has 168 valence electrons. The lowest BCUT2D eigenvalue weighted by molar-refractivity contribution is -0.284. The second-order valence-corrected chi connectivity index (χ2v) is 7.35. The third-order valence-electron chi connectivity index (χ3n) is 5.04. The van der Waals surface area contributed by atoms with Crippen LogP contribution < -0.4 is 10.6 Å². The molecule has 12 heteroatoms. The van der Waals surface area contributed by atoms with Gasteiger partial charge in [0.2, 0.25) is 11.8 Å². The molecule has 29 heavy (non-hydrogen) atoms. The molecule has 0 saturated carbocycles. The van der Waals surface area contributed by atoms with Gasteiger partial charge in [0.05, 0.1) is 25.4 Å². The fourth-order valence-corrected chi connectivity index (χ4v) is 3.53.